The van der Waals surface area contributed by atoms with Gasteiger partial charge in [-0.05, 0) is 60.7 Å². The Morgan fingerprint density at radius 1 is 0.635 bits per heavy atom. The van der Waals surface area contributed by atoms with Crippen molar-refractivity contribution < 1.29 is 58.4 Å². The summed E-state index contributed by atoms with van der Waals surface area (Å²) in [6.07, 6.45) is 0. The van der Waals surface area contributed by atoms with Gasteiger partial charge in [0.15, 0.2) is 0 Å². The molecule has 4 aromatic carbocycles. The number of nitrogens with zero attached hydrogens (tertiary/aromatic N) is 8. The molecule has 0 saturated heterocycles. The molecule has 6 N–H and O–H groups in total. The number of sulfonamides is 1. The highest BCUT2D eigenvalue weighted by Gasteiger charge is 2.28. The number of phenols is 3. The normalized spacial score (nSPS) is 11.9. The van der Waals surface area contributed by atoms with Crippen molar-refractivity contribution in [2.24, 2.45) is 30.7 Å². The van der Waals surface area contributed by atoms with Crippen molar-refractivity contribution in [3.8, 4) is 17.2 Å². The number of benzene rings is 4. The van der Waals surface area contributed by atoms with Gasteiger partial charge in [0.1, 0.15) is 53.1 Å². The second-order valence-corrected chi connectivity index (χ2v) is 12.2. The molecule has 0 amide bonds. The van der Waals surface area contributed by atoms with Crippen LogP contribution in [0.5, 0.6) is 17.2 Å². The molecule has 0 fully saturated rings. The van der Waals surface area contributed by atoms with E-state index in [1.54, 1.807) is 0 Å². The molecule has 0 radical (unpaired) electrons. The van der Waals surface area contributed by atoms with E-state index in [0.717, 1.165) is 30.3 Å². The highest BCUT2D eigenvalue weighted by Crippen LogP contribution is 2.41. The molecule has 0 aromatic heterocycles. The molecule has 0 bridgehead atoms. The minimum atomic E-state index is -4.50. The molecule has 0 saturated carbocycles. The number of azo groups is 3. The van der Waals surface area contributed by atoms with E-state index >= 15 is 0 Å². The lowest BCUT2D eigenvalue weighted by Gasteiger charge is -2.18. The van der Waals surface area contributed by atoms with Crippen LogP contribution in [0.25, 0.3) is 0 Å². The van der Waals surface area contributed by atoms with Crippen molar-refractivity contribution in [2.45, 2.75) is 11.4 Å². The van der Waals surface area contributed by atoms with Gasteiger partial charge in [0, 0.05) is 22.6 Å². The average molecular weight is 737 g/mol. The van der Waals surface area contributed by atoms with E-state index in [9.17, 15) is 53.3 Å². The Morgan fingerprint density at radius 2 is 1.15 bits per heavy atom. The number of hydrogen-bond acceptors (Lipinski definition) is 16. The van der Waals surface area contributed by atoms with E-state index in [4.69, 9.17) is 10.2 Å². The van der Waals surface area contributed by atoms with Crippen LogP contribution in [0, 0.1) is 10.1 Å². The first-order valence-electron chi connectivity index (χ1n) is 14.2. The van der Waals surface area contributed by atoms with Crippen LogP contribution in [-0.4, -0.2) is 79.3 Å². The van der Waals surface area contributed by atoms with Gasteiger partial charge < -0.3 is 30.6 Å². The first-order valence-corrected chi connectivity index (χ1v) is 15.6. The SMILES string of the molecule is O=C(O)CN(CC(=O)O)S(=O)(=O)c1ccc(N=Nc2ccc(N=Nc3cc(N=Nc4cc(C[N+](=O)[O-])ccc4O)c(O)cc3O)c(C(=O)O)c2)cc1. The van der Waals surface area contributed by atoms with Gasteiger partial charge >= 0.3 is 17.9 Å². The molecule has 0 spiro atoms. The van der Waals surface area contributed by atoms with Crippen LogP contribution in [0.2, 0.25) is 0 Å². The fraction of sp³-hybridized carbons (Fsp3) is 0.100. The summed E-state index contributed by atoms with van der Waals surface area (Å²) < 4.78 is 25.8. The van der Waals surface area contributed by atoms with Crippen LogP contribution in [0.3, 0.4) is 0 Å². The third kappa shape index (κ3) is 9.70. The highest BCUT2D eigenvalue weighted by atomic mass is 32.2. The van der Waals surface area contributed by atoms with E-state index in [2.05, 4.69) is 30.7 Å². The van der Waals surface area contributed by atoms with Crippen LogP contribution >= 0.6 is 0 Å². The van der Waals surface area contributed by atoms with E-state index in [1.807, 2.05) is 0 Å². The number of aromatic hydroxyl groups is 3. The summed E-state index contributed by atoms with van der Waals surface area (Å²) in [5.74, 6) is -6.06. The molecular weight excluding hydrogens is 712 g/mol. The topological polar surface area (TPSA) is 327 Å². The van der Waals surface area contributed by atoms with Crippen LogP contribution in [0.15, 0.2) is 108 Å². The Kier molecular flexibility index (Phi) is 11.6. The number of carbonyl (C=O) groups is 3. The quantitative estimate of drug-likeness (QED) is 0.0486. The smallest absolute Gasteiger partial charge is 0.338 e. The predicted octanol–water partition coefficient (Wildman–Crippen LogP) is 5.68. The van der Waals surface area contributed by atoms with E-state index in [1.165, 1.54) is 42.5 Å². The number of carboxylic acid groups (broad SMARTS) is 3. The Labute approximate surface area is 291 Å². The number of phenolic OH excluding ortho intramolecular Hbond substituents is 3. The molecule has 4 aromatic rings. The monoisotopic (exact) mass is 736 g/mol. The maximum absolute atomic E-state index is 12.8. The third-order valence-electron chi connectivity index (χ3n) is 6.54. The van der Waals surface area contributed by atoms with Crippen molar-refractivity contribution in [1.29, 1.82) is 0 Å². The number of nitro groups is 1. The number of aliphatic carboxylic acids is 2. The zero-order valence-electron chi connectivity index (χ0n) is 26.1. The lowest BCUT2D eigenvalue weighted by Crippen LogP contribution is -2.39. The van der Waals surface area contributed by atoms with Crippen LogP contribution < -0.4 is 0 Å². The zero-order chi connectivity index (χ0) is 38.2. The van der Waals surface area contributed by atoms with E-state index < -0.39 is 74.4 Å². The molecule has 268 valence electrons. The summed E-state index contributed by atoms with van der Waals surface area (Å²) >= 11 is 0. The summed E-state index contributed by atoms with van der Waals surface area (Å²) in [6.45, 7) is -2.71. The maximum atomic E-state index is 12.8. The molecule has 0 aliphatic carbocycles. The Bertz CT molecular complexity index is 2240. The van der Waals surface area contributed by atoms with Gasteiger partial charge in [-0.1, -0.05) is 0 Å². The lowest BCUT2D eigenvalue weighted by atomic mass is 10.1. The van der Waals surface area contributed by atoms with Gasteiger partial charge in [-0.25, -0.2) is 13.2 Å². The zero-order valence-corrected chi connectivity index (χ0v) is 26.9. The molecule has 21 nitrogen and oxygen atoms in total. The number of hydrogen-bond donors (Lipinski definition) is 6. The van der Waals surface area contributed by atoms with Crippen LogP contribution in [-0.2, 0) is 26.2 Å². The number of carboxylic acids is 3. The molecule has 0 heterocycles. The molecular formula is C30H24N8O13S. The summed E-state index contributed by atoms with van der Waals surface area (Å²) in [5.41, 5.74) is -0.964. The van der Waals surface area contributed by atoms with Gasteiger partial charge in [0.05, 0.1) is 21.8 Å². The fourth-order valence-corrected chi connectivity index (χ4v) is 5.49. The van der Waals surface area contributed by atoms with Gasteiger partial charge in [0.25, 0.3) is 0 Å². The summed E-state index contributed by atoms with van der Waals surface area (Å²) in [6, 6.07) is 13.7. The molecule has 52 heavy (non-hydrogen) atoms. The maximum Gasteiger partial charge on any atom is 0.338 e. The molecule has 4 rings (SSSR count). The number of aromatic carboxylic acids is 1. The Balaban J connectivity index is 1.55. The summed E-state index contributed by atoms with van der Waals surface area (Å²) in [7, 11) is -4.50. The number of rotatable bonds is 15. The van der Waals surface area contributed by atoms with Crippen molar-refractivity contribution in [3.05, 3.63) is 94.0 Å². The second-order valence-electron chi connectivity index (χ2n) is 10.3. The molecule has 22 heteroatoms. The second kappa shape index (κ2) is 16.0. The molecule has 0 atom stereocenters. The van der Waals surface area contributed by atoms with E-state index in [0.29, 0.717) is 0 Å². The summed E-state index contributed by atoms with van der Waals surface area (Å²) in [4.78, 5) is 43.9. The predicted molar refractivity (Wildman–Crippen MR) is 175 cm³/mol. The summed E-state index contributed by atoms with van der Waals surface area (Å²) in [5, 5.41) is 92.2. The van der Waals surface area contributed by atoms with Crippen molar-refractivity contribution in [3.63, 3.8) is 0 Å². The van der Waals surface area contributed by atoms with Gasteiger partial charge in [-0.3, -0.25) is 19.7 Å². The minimum Gasteiger partial charge on any atom is -0.506 e. The van der Waals surface area contributed by atoms with Gasteiger partial charge in [-0.2, -0.15) is 14.5 Å². The third-order valence-corrected chi connectivity index (χ3v) is 8.35. The van der Waals surface area contributed by atoms with Gasteiger partial charge in [0.2, 0.25) is 16.6 Å². The van der Waals surface area contributed by atoms with Crippen molar-refractivity contribution >= 4 is 62.1 Å². The van der Waals surface area contributed by atoms with Crippen LogP contribution in [0.4, 0.5) is 34.1 Å². The molecule has 0 aliphatic rings. The van der Waals surface area contributed by atoms with E-state index in [-0.39, 0.29) is 49.7 Å². The largest absolute Gasteiger partial charge is 0.506 e. The Morgan fingerprint density at radius 3 is 1.69 bits per heavy atom. The fourth-order valence-electron chi connectivity index (χ4n) is 4.15. The Hall–Kier alpha value is -7.20. The van der Waals surface area contributed by atoms with Crippen LogP contribution in [0.1, 0.15) is 15.9 Å². The van der Waals surface area contributed by atoms with Gasteiger partial charge in [-0.15, -0.1) is 20.5 Å². The first kappa shape index (κ1) is 37.6. The molecule has 0 unspecified atom stereocenters. The average Bonchev–Trinajstić information content (AvgIpc) is 3.07. The highest BCUT2D eigenvalue weighted by molar-refractivity contribution is 7.89. The van der Waals surface area contributed by atoms with Crippen molar-refractivity contribution in [1.82, 2.24) is 4.31 Å². The molecule has 0 aliphatic heterocycles. The first-order chi connectivity index (χ1) is 24.5. The lowest BCUT2D eigenvalue weighted by molar-refractivity contribution is -0.496. The standard InChI is InChI=1S/C30H24N8O13S/c39-25-8-1-16(13-38(48)49)9-22(25)34-36-24-11-23(26(40)12-27(24)41)35-33-21-7-4-18(10-20(21)30(46)47)32-31-17-2-5-19(6-3-17)52(50,51)37(14-28(42)43)15-29(44)45/h1-12,39-41H,13-15H2,(H,42,43)(H,44,45)(H,46,47). The van der Waals surface area contributed by atoms with Crippen molar-refractivity contribution in [2.75, 3.05) is 13.1 Å². The minimum absolute atomic E-state index is 0.0165.